The average Bonchev–Trinajstić information content (AvgIpc) is 3.34. The fraction of sp³-hybridized carbons (Fsp3) is 0.750. The summed E-state index contributed by atoms with van der Waals surface area (Å²) in [5.74, 6) is 3.77. The Kier molecular flexibility index (Phi) is 19.3. The smallest absolute Gasteiger partial charge is 0.382 e. The summed E-state index contributed by atoms with van der Waals surface area (Å²) in [7, 11) is -3.88. The van der Waals surface area contributed by atoms with Crippen molar-refractivity contribution in [2.75, 3.05) is 31.9 Å². The van der Waals surface area contributed by atoms with E-state index in [2.05, 4.69) is 20.9 Å². The van der Waals surface area contributed by atoms with Crippen molar-refractivity contribution in [3.63, 3.8) is 0 Å². The molecule has 0 saturated carbocycles. The minimum Gasteiger partial charge on any atom is -0.382 e. The third-order valence-electron chi connectivity index (χ3n) is 6.45. The molecule has 1 unspecified atom stereocenters. The van der Waals surface area contributed by atoms with Crippen LogP contribution in [0.4, 0.5) is 19.0 Å². The fourth-order valence-corrected chi connectivity index (χ4v) is 5.19. The zero-order valence-electron chi connectivity index (χ0n) is 25.2. The number of nitrogens with two attached hydrogens (primary N) is 1. The van der Waals surface area contributed by atoms with E-state index in [0.717, 1.165) is 44.9 Å². The summed E-state index contributed by atoms with van der Waals surface area (Å²) in [6, 6.07) is 0. The highest BCUT2D eigenvalue weighted by Crippen LogP contribution is 2.42. The van der Waals surface area contributed by atoms with Crippen molar-refractivity contribution in [2.24, 2.45) is 0 Å². The Balaban J connectivity index is 0.00000924. The van der Waals surface area contributed by atoms with E-state index in [-0.39, 0.29) is 24.7 Å². The molecule has 0 aliphatic rings. The van der Waals surface area contributed by atoms with Crippen LogP contribution in [0.25, 0.3) is 11.2 Å². The molecule has 246 valence electrons. The molecule has 0 spiro atoms. The SMILES string of the molecule is C[C@H](Cn1cnc2c(N)ncnc21)OCP(=O)(O)OCCCOCCCCCCCCCCCCCC#CC(F)(F)F.N. The molecular weight excluding hydrogens is 588 g/mol. The molecule has 0 fully saturated rings. The second-order valence-corrected chi connectivity index (χ2v) is 12.1. The van der Waals surface area contributed by atoms with Gasteiger partial charge in [-0.05, 0) is 26.2 Å². The monoisotopic (exact) mass is 636 g/mol. The molecule has 0 aromatic carbocycles. The molecule has 15 heteroatoms. The quantitative estimate of drug-likeness (QED) is 0.0670. The van der Waals surface area contributed by atoms with Crippen LogP contribution in [0.5, 0.6) is 0 Å². The number of unbranched alkanes of at least 4 members (excludes halogenated alkanes) is 11. The van der Waals surface area contributed by atoms with Crippen LogP contribution in [0.1, 0.15) is 90.4 Å². The van der Waals surface area contributed by atoms with Crippen LogP contribution in [-0.2, 0) is 25.1 Å². The number of fused-ring (bicyclic) bond motifs is 1. The number of halogens is 3. The lowest BCUT2D eigenvalue weighted by atomic mass is 10.1. The predicted molar refractivity (Wildman–Crippen MR) is 161 cm³/mol. The summed E-state index contributed by atoms with van der Waals surface area (Å²) in [6.45, 7) is 3.39. The van der Waals surface area contributed by atoms with Crippen molar-refractivity contribution in [1.82, 2.24) is 25.7 Å². The van der Waals surface area contributed by atoms with Gasteiger partial charge in [0.2, 0.25) is 0 Å². The highest BCUT2D eigenvalue weighted by molar-refractivity contribution is 7.52. The first-order valence-electron chi connectivity index (χ1n) is 14.7. The molecule has 0 radical (unpaired) electrons. The van der Waals surface area contributed by atoms with Gasteiger partial charge < -0.3 is 35.3 Å². The van der Waals surface area contributed by atoms with E-state index in [1.54, 1.807) is 17.8 Å². The van der Waals surface area contributed by atoms with Crippen molar-refractivity contribution in [3.8, 4) is 11.8 Å². The molecule has 0 aliphatic heterocycles. The van der Waals surface area contributed by atoms with E-state index in [1.165, 1.54) is 37.9 Å². The Bertz CT molecular complexity index is 1140. The Labute approximate surface area is 252 Å². The fourth-order valence-electron chi connectivity index (χ4n) is 4.26. The normalized spacial score (nSPS) is 13.7. The van der Waals surface area contributed by atoms with E-state index < -0.39 is 20.1 Å². The first-order chi connectivity index (χ1) is 20.1. The minimum absolute atomic E-state index is 0. The summed E-state index contributed by atoms with van der Waals surface area (Å²) in [5.41, 5.74) is 6.86. The Morgan fingerprint density at radius 2 is 1.56 bits per heavy atom. The second kappa shape index (κ2) is 21.4. The molecule has 2 rings (SSSR count). The molecule has 0 amide bonds. The molecule has 43 heavy (non-hydrogen) atoms. The van der Waals surface area contributed by atoms with Crippen molar-refractivity contribution >= 4 is 24.6 Å². The molecule has 2 atom stereocenters. The molecule has 0 aliphatic carbocycles. The number of nitrogens with zero attached hydrogens (tertiary/aromatic N) is 4. The summed E-state index contributed by atoms with van der Waals surface area (Å²) < 4.78 is 66.0. The molecule has 6 N–H and O–H groups in total. The van der Waals surface area contributed by atoms with Crippen LogP contribution < -0.4 is 11.9 Å². The maximum atomic E-state index is 12.3. The number of hydrogen-bond donors (Lipinski definition) is 3. The van der Waals surface area contributed by atoms with Gasteiger partial charge in [-0.15, -0.1) is 0 Å². The summed E-state index contributed by atoms with van der Waals surface area (Å²) in [5, 5.41) is 0. The number of ether oxygens (including phenoxy) is 2. The topological polar surface area (TPSA) is 170 Å². The molecule has 11 nitrogen and oxygen atoms in total. The lowest BCUT2D eigenvalue weighted by Crippen LogP contribution is -2.17. The summed E-state index contributed by atoms with van der Waals surface area (Å²) in [4.78, 5) is 22.3. The van der Waals surface area contributed by atoms with Crippen molar-refractivity contribution < 1.29 is 36.6 Å². The van der Waals surface area contributed by atoms with Crippen LogP contribution in [0.15, 0.2) is 12.7 Å². The predicted octanol–water partition coefficient (Wildman–Crippen LogP) is 6.79. The van der Waals surface area contributed by atoms with Gasteiger partial charge in [-0.1, -0.05) is 63.7 Å². The molecule has 2 aromatic rings. The summed E-state index contributed by atoms with van der Waals surface area (Å²) in [6.07, 6.45) is 10.4. The maximum absolute atomic E-state index is 12.3. The van der Waals surface area contributed by atoms with E-state index >= 15 is 0 Å². The van der Waals surface area contributed by atoms with Gasteiger partial charge in [0, 0.05) is 25.6 Å². The standard InChI is InChI=1S/C28H45F3N5O5P.H3N/c1-24(20-36-22-35-25-26(32)33-21-34-27(25)36)40-23-42(37,38)41-19-15-18-39-17-14-12-10-8-6-4-2-3-5-7-9-11-13-16-28(29,30)31;/h21-22,24H,2-12,14-15,17-20,23H2,1H3,(H,37,38)(H2,32,33,34);1H3/t24-;/m1./s1. The highest BCUT2D eigenvalue weighted by atomic mass is 31.2. The molecule has 2 aromatic heterocycles. The number of hydrogen-bond acceptors (Lipinski definition) is 9. The number of aromatic nitrogens is 4. The Morgan fingerprint density at radius 1 is 0.953 bits per heavy atom. The minimum atomic E-state index is -4.37. The van der Waals surface area contributed by atoms with Gasteiger partial charge >= 0.3 is 13.8 Å². The average molecular weight is 637 g/mol. The highest BCUT2D eigenvalue weighted by Gasteiger charge is 2.23. The second-order valence-electron chi connectivity index (χ2n) is 10.3. The zero-order valence-corrected chi connectivity index (χ0v) is 26.1. The molecule has 0 saturated heterocycles. The summed E-state index contributed by atoms with van der Waals surface area (Å²) >= 11 is 0. The number of imidazole rings is 1. The van der Waals surface area contributed by atoms with Crippen molar-refractivity contribution in [2.45, 2.75) is 109 Å². The molecule has 2 heterocycles. The third-order valence-corrected chi connectivity index (χ3v) is 7.51. The van der Waals surface area contributed by atoms with Crippen LogP contribution in [0.2, 0.25) is 0 Å². The first-order valence-corrected chi connectivity index (χ1v) is 16.5. The lowest BCUT2D eigenvalue weighted by molar-refractivity contribution is -0.0697. The Hall–Kier alpha value is -2.27. The van der Waals surface area contributed by atoms with Gasteiger partial charge in [0.15, 0.2) is 11.5 Å². The van der Waals surface area contributed by atoms with Gasteiger partial charge in [0.05, 0.1) is 25.6 Å². The van der Waals surface area contributed by atoms with Crippen molar-refractivity contribution in [3.05, 3.63) is 12.7 Å². The van der Waals surface area contributed by atoms with Gasteiger partial charge in [-0.2, -0.15) is 13.2 Å². The van der Waals surface area contributed by atoms with Gasteiger partial charge in [0.1, 0.15) is 18.2 Å². The van der Waals surface area contributed by atoms with Crippen LogP contribution in [0.3, 0.4) is 0 Å². The van der Waals surface area contributed by atoms with E-state index in [4.69, 9.17) is 19.7 Å². The largest absolute Gasteiger partial charge is 0.457 e. The first kappa shape index (κ1) is 38.8. The number of rotatable bonds is 23. The Morgan fingerprint density at radius 3 is 2.21 bits per heavy atom. The van der Waals surface area contributed by atoms with Gasteiger partial charge in [0.25, 0.3) is 0 Å². The third kappa shape index (κ3) is 18.2. The maximum Gasteiger partial charge on any atom is 0.457 e. The van der Waals surface area contributed by atoms with E-state index in [1.807, 2.05) is 0 Å². The number of alkyl halides is 3. The van der Waals surface area contributed by atoms with Crippen LogP contribution >= 0.6 is 7.60 Å². The van der Waals surface area contributed by atoms with Crippen LogP contribution in [-0.4, -0.2) is 62.9 Å². The van der Waals surface area contributed by atoms with E-state index in [0.29, 0.717) is 43.8 Å². The van der Waals surface area contributed by atoms with Crippen LogP contribution in [0, 0.1) is 11.8 Å². The van der Waals surface area contributed by atoms with E-state index in [9.17, 15) is 22.6 Å². The number of anilines is 1. The van der Waals surface area contributed by atoms with Gasteiger partial charge in [-0.25, -0.2) is 15.0 Å². The number of nitrogen functional groups attached to an aromatic ring is 1. The van der Waals surface area contributed by atoms with Gasteiger partial charge in [-0.3, -0.25) is 4.57 Å². The molecular formula is C28H48F3N6O5P. The lowest BCUT2D eigenvalue weighted by Gasteiger charge is -2.17. The zero-order chi connectivity index (χ0) is 30.7. The van der Waals surface area contributed by atoms with Crippen molar-refractivity contribution in [1.29, 1.82) is 0 Å². The molecule has 0 bridgehead atoms.